The van der Waals surface area contributed by atoms with Gasteiger partial charge in [-0.1, -0.05) is 25.4 Å². The molecule has 19 heavy (non-hydrogen) atoms. The van der Waals surface area contributed by atoms with Crippen molar-refractivity contribution in [1.82, 2.24) is 20.2 Å². The molecule has 0 spiro atoms. The second-order valence-corrected chi connectivity index (χ2v) is 5.78. The lowest BCUT2D eigenvalue weighted by Gasteiger charge is -2.27. The van der Waals surface area contributed by atoms with Crippen LogP contribution in [0.4, 0.5) is 0 Å². The third kappa shape index (κ3) is 2.23. The predicted molar refractivity (Wildman–Crippen MR) is 72.3 cm³/mol. The van der Waals surface area contributed by atoms with Crippen LogP contribution in [0.5, 0.6) is 0 Å². The molecule has 0 amide bonds. The third-order valence-electron chi connectivity index (χ3n) is 3.24. The van der Waals surface area contributed by atoms with Crippen molar-refractivity contribution in [3.05, 3.63) is 16.5 Å². The van der Waals surface area contributed by atoms with Gasteiger partial charge >= 0.3 is 5.97 Å². The molecule has 0 aliphatic rings. The van der Waals surface area contributed by atoms with Crippen LogP contribution >= 0.6 is 22.9 Å². The van der Waals surface area contributed by atoms with Crippen LogP contribution < -0.4 is 0 Å². The van der Waals surface area contributed by atoms with Gasteiger partial charge in [-0.05, 0) is 35.4 Å². The lowest BCUT2D eigenvalue weighted by Crippen LogP contribution is -2.42. The number of hydrogen-bond acceptors (Lipinski definition) is 5. The average molecular weight is 301 g/mol. The summed E-state index contributed by atoms with van der Waals surface area (Å²) in [6.07, 6.45) is 0.798. The Kier molecular flexibility index (Phi) is 3.86. The van der Waals surface area contributed by atoms with Crippen molar-refractivity contribution in [3.63, 3.8) is 0 Å². The maximum atomic E-state index is 11.6. The average Bonchev–Trinajstić information content (AvgIpc) is 3.00. The second kappa shape index (κ2) is 5.26. The van der Waals surface area contributed by atoms with Crippen LogP contribution in [-0.4, -0.2) is 31.3 Å². The molecule has 0 fully saturated rings. The van der Waals surface area contributed by atoms with E-state index in [1.165, 1.54) is 16.0 Å². The van der Waals surface area contributed by atoms with Crippen molar-refractivity contribution in [1.29, 1.82) is 0 Å². The van der Waals surface area contributed by atoms with Crippen LogP contribution in [0.15, 0.2) is 12.1 Å². The first-order valence-corrected chi connectivity index (χ1v) is 7.02. The van der Waals surface area contributed by atoms with Crippen LogP contribution in [0, 0.1) is 0 Å². The molecule has 0 aliphatic heterocycles. The van der Waals surface area contributed by atoms with Crippen molar-refractivity contribution in [2.24, 2.45) is 0 Å². The molecule has 6 nitrogen and oxygen atoms in total. The second-order valence-electron chi connectivity index (χ2n) is 4.06. The summed E-state index contributed by atoms with van der Waals surface area (Å²) in [5, 5.41) is 21.0. The number of nitrogens with zero attached hydrogens (tertiary/aromatic N) is 4. The van der Waals surface area contributed by atoms with E-state index in [4.69, 9.17) is 11.6 Å². The van der Waals surface area contributed by atoms with Crippen molar-refractivity contribution >= 4 is 28.9 Å². The fourth-order valence-corrected chi connectivity index (χ4v) is 3.02. The number of aromatic nitrogens is 4. The molecule has 0 radical (unpaired) electrons. The Labute approximate surface area is 119 Å². The molecule has 0 bridgehead atoms. The van der Waals surface area contributed by atoms with Crippen molar-refractivity contribution in [2.75, 3.05) is 0 Å². The van der Waals surface area contributed by atoms with Gasteiger partial charge in [0.15, 0.2) is 11.4 Å². The quantitative estimate of drug-likeness (QED) is 0.918. The molecule has 0 atom stereocenters. The van der Waals surface area contributed by atoms with E-state index in [-0.39, 0.29) is 0 Å². The van der Waals surface area contributed by atoms with E-state index in [9.17, 15) is 9.90 Å². The maximum Gasteiger partial charge on any atom is 0.331 e. The minimum absolute atomic E-state index is 0.399. The molecule has 0 saturated carbocycles. The lowest BCUT2D eigenvalue weighted by atomic mass is 9.93. The third-order valence-corrected chi connectivity index (χ3v) is 4.46. The number of thiophene rings is 1. The summed E-state index contributed by atoms with van der Waals surface area (Å²) in [5.74, 6) is -0.503. The van der Waals surface area contributed by atoms with Crippen molar-refractivity contribution in [3.8, 4) is 10.7 Å². The Morgan fingerprint density at radius 2 is 2.16 bits per heavy atom. The number of halogens is 1. The van der Waals surface area contributed by atoms with Gasteiger partial charge in [-0.15, -0.1) is 16.4 Å². The maximum absolute atomic E-state index is 11.6. The zero-order valence-electron chi connectivity index (χ0n) is 10.5. The highest BCUT2D eigenvalue weighted by Gasteiger charge is 2.40. The number of carbonyl (C=O) groups is 1. The van der Waals surface area contributed by atoms with Gasteiger partial charge in [0.2, 0.25) is 0 Å². The summed E-state index contributed by atoms with van der Waals surface area (Å²) in [6.45, 7) is 3.62. The highest BCUT2D eigenvalue weighted by molar-refractivity contribution is 7.19. The van der Waals surface area contributed by atoms with Gasteiger partial charge < -0.3 is 5.11 Å². The molecule has 2 heterocycles. The standard InChI is InChI=1S/C11H13ClN4O2S/c1-3-11(4-2,10(17)18)16-9(13-14-15-16)7-5-6-8(12)19-7/h5-6H,3-4H2,1-2H3,(H,17,18). The van der Waals surface area contributed by atoms with Gasteiger partial charge in [0, 0.05) is 0 Å². The summed E-state index contributed by atoms with van der Waals surface area (Å²) in [7, 11) is 0. The van der Waals surface area contributed by atoms with E-state index in [0.29, 0.717) is 23.0 Å². The first kappa shape index (κ1) is 14.0. The molecular weight excluding hydrogens is 288 g/mol. The van der Waals surface area contributed by atoms with Gasteiger partial charge in [-0.2, -0.15) is 0 Å². The Balaban J connectivity index is 2.57. The topological polar surface area (TPSA) is 80.9 Å². The zero-order chi connectivity index (χ0) is 14.0. The van der Waals surface area contributed by atoms with E-state index in [2.05, 4.69) is 15.5 Å². The minimum atomic E-state index is -1.13. The number of hydrogen-bond donors (Lipinski definition) is 1. The molecular formula is C11H13ClN4O2S. The minimum Gasteiger partial charge on any atom is -0.479 e. The molecule has 0 saturated heterocycles. The Bertz CT molecular complexity index is 591. The van der Waals surface area contributed by atoms with E-state index < -0.39 is 11.5 Å². The Morgan fingerprint density at radius 3 is 2.63 bits per heavy atom. The molecule has 0 aromatic carbocycles. The molecule has 1 N–H and O–H groups in total. The first-order valence-electron chi connectivity index (χ1n) is 5.83. The van der Waals surface area contributed by atoms with E-state index >= 15 is 0 Å². The van der Waals surface area contributed by atoms with Crippen LogP contribution in [0.1, 0.15) is 26.7 Å². The summed E-state index contributed by atoms with van der Waals surface area (Å²) in [5.41, 5.74) is -1.13. The molecule has 2 aromatic rings. The lowest BCUT2D eigenvalue weighted by molar-refractivity contribution is -0.148. The molecule has 0 unspecified atom stereocenters. The summed E-state index contributed by atoms with van der Waals surface area (Å²) in [6, 6.07) is 3.52. The highest BCUT2D eigenvalue weighted by atomic mass is 35.5. The number of aliphatic carboxylic acids is 1. The number of tetrazole rings is 1. The van der Waals surface area contributed by atoms with Crippen LogP contribution in [0.2, 0.25) is 4.34 Å². The van der Waals surface area contributed by atoms with Gasteiger partial charge in [0.25, 0.3) is 0 Å². The van der Waals surface area contributed by atoms with E-state index in [1.807, 2.05) is 13.8 Å². The van der Waals surface area contributed by atoms with E-state index in [1.54, 1.807) is 12.1 Å². The smallest absolute Gasteiger partial charge is 0.331 e. The summed E-state index contributed by atoms with van der Waals surface area (Å²) >= 11 is 7.22. The number of carboxylic acid groups (broad SMARTS) is 1. The summed E-state index contributed by atoms with van der Waals surface area (Å²) in [4.78, 5) is 12.4. The van der Waals surface area contributed by atoms with Crippen molar-refractivity contribution in [2.45, 2.75) is 32.2 Å². The van der Waals surface area contributed by atoms with Gasteiger partial charge in [-0.3, -0.25) is 0 Å². The molecule has 2 aromatic heterocycles. The van der Waals surface area contributed by atoms with E-state index in [0.717, 1.165) is 4.88 Å². The Hall–Kier alpha value is -1.47. The normalized spacial score (nSPS) is 11.7. The first-order chi connectivity index (χ1) is 9.05. The Morgan fingerprint density at radius 1 is 1.47 bits per heavy atom. The highest BCUT2D eigenvalue weighted by Crippen LogP contribution is 2.34. The van der Waals surface area contributed by atoms with Gasteiger partial charge in [0.1, 0.15) is 0 Å². The van der Waals surface area contributed by atoms with Crippen molar-refractivity contribution < 1.29 is 9.90 Å². The van der Waals surface area contributed by atoms with Crippen LogP contribution in [0.25, 0.3) is 10.7 Å². The zero-order valence-corrected chi connectivity index (χ0v) is 12.1. The fourth-order valence-electron chi connectivity index (χ4n) is 2.01. The number of rotatable bonds is 5. The molecule has 0 aliphatic carbocycles. The largest absolute Gasteiger partial charge is 0.479 e. The van der Waals surface area contributed by atoms with Crippen LogP contribution in [0.3, 0.4) is 0 Å². The monoisotopic (exact) mass is 300 g/mol. The molecule has 8 heteroatoms. The SMILES string of the molecule is CCC(CC)(C(=O)O)n1nnnc1-c1ccc(Cl)s1. The summed E-state index contributed by atoms with van der Waals surface area (Å²) < 4.78 is 2.00. The molecule has 102 valence electrons. The number of carboxylic acids is 1. The van der Waals surface area contributed by atoms with Crippen LogP contribution in [-0.2, 0) is 10.3 Å². The van der Waals surface area contributed by atoms with Gasteiger partial charge in [-0.25, -0.2) is 9.48 Å². The fraction of sp³-hybridized carbons (Fsp3) is 0.455. The van der Waals surface area contributed by atoms with Gasteiger partial charge in [0.05, 0.1) is 9.21 Å². The molecule has 2 rings (SSSR count). The predicted octanol–water partition coefficient (Wildman–Crippen LogP) is 2.65.